The molecule has 2 unspecified atom stereocenters. The summed E-state index contributed by atoms with van der Waals surface area (Å²) in [6.07, 6.45) is 18.5. The first kappa shape index (κ1) is 35.6. The number of piperidine rings is 1. The monoisotopic (exact) mass is 704 g/mol. The van der Waals surface area contributed by atoms with Gasteiger partial charge in [-0.2, -0.15) is 5.10 Å². The molecule has 0 spiro atoms. The Balaban J connectivity index is 0.963. The van der Waals surface area contributed by atoms with Gasteiger partial charge in [0.1, 0.15) is 23.6 Å². The van der Waals surface area contributed by atoms with E-state index in [4.69, 9.17) is 15.6 Å². The van der Waals surface area contributed by atoms with E-state index in [0.29, 0.717) is 58.1 Å². The first-order valence-corrected chi connectivity index (χ1v) is 19.2. The van der Waals surface area contributed by atoms with E-state index in [2.05, 4.69) is 32.1 Å². The second-order valence-corrected chi connectivity index (χ2v) is 15.1. The molecule has 1 saturated heterocycles. The third-order valence-corrected chi connectivity index (χ3v) is 11.6. The number of nitrogens with two attached hydrogens (primary N) is 1. The maximum absolute atomic E-state index is 12.8. The van der Waals surface area contributed by atoms with Crippen molar-refractivity contribution in [2.45, 2.75) is 89.5 Å². The summed E-state index contributed by atoms with van der Waals surface area (Å²) in [5, 5.41) is 11.8. The molecule has 2 amide bonds. The van der Waals surface area contributed by atoms with Gasteiger partial charge in [0.05, 0.1) is 17.1 Å². The highest BCUT2D eigenvalue weighted by Crippen LogP contribution is 2.51. The molecule has 2 aromatic heterocycles. The largest absolute Gasteiger partial charge is 0.455 e. The number of fused-ring (bicyclic) bond motifs is 3. The van der Waals surface area contributed by atoms with Gasteiger partial charge in [0, 0.05) is 38.2 Å². The van der Waals surface area contributed by atoms with Crippen LogP contribution in [0, 0.1) is 11.3 Å². The van der Waals surface area contributed by atoms with Crippen molar-refractivity contribution in [1.82, 2.24) is 30.0 Å². The third-order valence-electron chi connectivity index (χ3n) is 11.6. The highest BCUT2D eigenvalue weighted by atomic mass is 16.5. The van der Waals surface area contributed by atoms with Gasteiger partial charge >= 0.3 is 0 Å². The Bertz CT molecular complexity index is 1870. The maximum atomic E-state index is 12.8. The van der Waals surface area contributed by atoms with E-state index >= 15 is 0 Å². The van der Waals surface area contributed by atoms with Gasteiger partial charge in [-0.3, -0.25) is 9.59 Å². The zero-order valence-corrected chi connectivity index (χ0v) is 30.2. The summed E-state index contributed by atoms with van der Waals surface area (Å²) < 4.78 is 8.10. The Kier molecular flexibility index (Phi) is 11.1. The SMILES string of the molecule is C=CC(=O)Nc1cc(-c2nn(C3CCN(CCNC(=O)CCCC45CCCCCC(CC4)C5)CC3)c3ncnc(N)c23)ccc1Oc1ccccc1. The summed E-state index contributed by atoms with van der Waals surface area (Å²) in [5.41, 5.74) is 9.51. The molecule has 7 rings (SSSR count). The van der Waals surface area contributed by atoms with Crippen LogP contribution in [0.2, 0.25) is 0 Å². The number of likely N-dealkylation sites (tertiary alicyclic amines) is 1. The van der Waals surface area contributed by atoms with Gasteiger partial charge in [-0.1, -0.05) is 50.5 Å². The normalized spacial score (nSPS) is 21.0. The van der Waals surface area contributed by atoms with Crippen LogP contribution in [0.3, 0.4) is 0 Å². The number of nitrogens with one attached hydrogen (secondary N) is 2. The van der Waals surface area contributed by atoms with Crippen molar-refractivity contribution in [3.63, 3.8) is 0 Å². The molecule has 3 fully saturated rings. The molecule has 2 saturated carbocycles. The van der Waals surface area contributed by atoms with E-state index in [0.717, 1.165) is 50.4 Å². The summed E-state index contributed by atoms with van der Waals surface area (Å²) in [7, 11) is 0. The van der Waals surface area contributed by atoms with Crippen LogP contribution >= 0.6 is 0 Å². The number of nitrogen functional groups attached to an aromatic ring is 1. The molecule has 3 aliphatic rings. The number of hydrogen-bond donors (Lipinski definition) is 3. The van der Waals surface area contributed by atoms with Crippen molar-refractivity contribution in [1.29, 1.82) is 0 Å². The van der Waals surface area contributed by atoms with Gasteiger partial charge in [-0.15, -0.1) is 0 Å². The third kappa shape index (κ3) is 8.30. The van der Waals surface area contributed by atoms with Crippen LogP contribution in [0.4, 0.5) is 11.5 Å². The average molecular weight is 705 g/mol. The van der Waals surface area contributed by atoms with Crippen molar-refractivity contribution < 1.29 is 14.3 Å². The standard InChI is InChI=1S/C41H52N8O3/c1-2-35(50)46-33-26-30(14-15-34(33)52-32-11-6-3-7-12-32)38-37-39(42)44-28-45-40(37)49(47-38)31-17-23-48(24-18-31)25-22-43-36(51)13-9-20-41-19-8-4-5-10-29(27-41)16-21-41/h2-3,6-7,11-12,14-15,26,28-29,31H,1,4-5,8-10,13,16-25,27H2,(H,43,51)(H,46,50)(H2,42,44,45). The molecule has 274 valence electrons. The number of amides is 2. The molecule has 4 N–H and O–H groups in total. The van der Waals surface area contributed by atoms with Gasteiger partial charge in [0.2, 0.25) is 11.8 Å². The van der Waals surface area contributed by atoms with Crippen molar-refractivity contribution in [3.05, 3.63) is 67.5 Å². The minimum Gasteiger partial charge on any atom is -0.455 e. The lowest BCUT2D eigenvalue weighted by molar-refractivity contribution is -0.121. The van der Waals surface area contributed by atoms with Crippen molar-refractivity contribution in [3.8, 4) is 22.8 Å². The second-order valence-electron chi connectivity index (χ2n) is 15.1. The van der Waals surface area contributed by atoms with Crippen LogP contribution in [-0.4, -0.2) is 62.6 Å². The molecular weight excluding hydrogens is 653 g/mol. The molecule has 2 bridgehead atoms. The molecule has 11 nitrogen and oxygen atoms in total. The van der Waals surface area contributed by atoms with Gasteiger partial charge in [0.25, 0.3) is 0 Å². The Labute approximate surface area is 306 Å². The molecule has 4 aromatic rings. The number of para-hydroxylation sites is 1. The first-order chi connectivity index (χ1) is 25.4. The Hall–Kier alpha value is -4.77. The fraction of sp³-hybridized carbons (Fsp3) is 0.488. The fourth-order valence-corrected chi connectivity index (χ4v) is 8.83. The fourth-order valence-electron chi connectivity index (χ4n) is 8.83. The number of aromatic nitrogens is 4. The first-order valence-electron chi connectivity index (χ1n) is 19.2. The van der Waals surface area contributed by atoms with E-state index in [9.17, 15) is 9.59 Å². The molecule has 1 aliphatic heterocycles. The minimum absolute atomic E-state index is 0.125. The number of hydrogen-bond acceptors (Lipinski definition) is 8. The number of carbonyl (C=O) groups is 2. The zero-order chi connectivity index (χ0) is 35.9. The molecule has 3 heterocycles. The van der Waals surface area contributed by atoms with Crippen LogP contribution in [0.25, 0.3) is 22.3 Å². The van der Waals surface area contributed by atoms with E-state index in [1.165, 1.54) is 70.2 Å². The Morgan fingerprint density at radius 1 is 1.02 bits per heavy atom. The Morgan fingerprint density at radius 2 is 1.87 bits per heavy atom. The highest BCUT2D eigenvalue weighted by Gasteiger charge is 2.38. The van der Waals surface area contributed by atoms with Crippen LogP contribution in [-0.2, 0) is 9.59 Å². The molecule has 2 aromatic carbocycles. The lowest BCUT2D eigenvalue weighted by Gasteiger charge is -2.32. The van der Waals surface area contributed by atoms with Crippen LogP contribution in [0.5, 0.6) is 11.5 Å². The smallest absolute Gasteiger partial charge is 0.247 e. The van der Waals surface area contributed by atoms with Crippen molar-refractivity contribution >= 4 is 34.4 Å². The van der Waals surface area contributed by atoms with Crippen LogP contribution < -0.4 is 21.1 Å². The maximum Gasteiger partial charge on any atom is 0.247 e. The van der Waals surface area contributed by atoms with Gasteiger partial charge in [0.15, 0.2) is 11.4 Å². The van der Waals surface area contributed by atoms with E-state index < -0.39 is 0 Å². The zero-order valence-electron chi connectivity index (χ0n) is 30.2. The average Bonchev–Trinajstić information content (AvgIpc) is 3.77. The van der Waals surface area contributed by atoms with Gasteiger partial charge < -0.3 is 26.0 Å². The summed E-state index contributed by atoms with van der Waals surface area (Å²) in [5.74, 6) is 2.24. The summed E-state index contributed by atoms with van der Waals surface area (Å²) in [6, 6.07) is 15.1. The van der Waals surface area contributed by atoms with Gasteiger partial charge in [-0.25, -0.2) is 14.6 Å². The predicted molar refractivity (Wildman–Crippen MR) is 205 cm³/mol. The van der Waals surface area contributed by atoms with E-state index in [1.807, 2.05) is 53.2 Å². The number of carbonyl (C=O) groups excluding carboxylic acids is 2. The molecule has 52 heavy (non-hydrogen) atoms. The summed E-state index contributed by atoms with van der Waals surface area (Å²) in [6.45, 7) is 6.89. The number of benzene rings is 2. The second kappa shape index (κ2) is 16.3. The van der Waals surface area contributed by atoms with Gasteiger partial charge in [-0.05, 0) is 99.1 Å². The lowest BCUT2D eigenvalue weighted by atomic mass is 9.74. The number of ether oxygens (including phenoxy) is 1. The molecule has 2 aliphatic carbocycles. The van der Waals surface area contributed by atoms with Crippen molar-refractivity contribution in [2.75, 3.05) is 37.2 Å². The molecule has 0 radical (unpaired) electrons. The van der Waals surface area contributed by atoms with Crippen LogP contribution in [0.15, 0.2) is 67.5 Å². The van der Waals surface area contributed by atoms with Crippen molar-refractivity contribution in [2.24, 2.45) is 11.3 Å². The summed E-state index contributed by atoms with van der Waals surface area (Å²) >= 11 is 0. The summed E-state index contributed by atoms with van der Waals surface area (Å²) in [4.78, 5) is 36.5. The molecule has 2 atom stereocenters. The highest BCUT2D eigenvalue weighted by molar-refractivity contribution is 6.02. The quantitative estimate of drug-likeness (QED) is 0.121. The van der Waals surface area contributed by atoms with Crippen LogP contribution in [0.1, 0.15) is 89.5 Å². The minimum atomic E-state index is -0.355. The molecular formula is C41H52N8O3. The van der Waals surface area contributed by atoms with E-state index in [-0.39, 0.29) is 17.9 Å². The Morgan fingerprint density at radius 3 is 2.69 bits per heavy atom. The predicted octanol–water partition coefficient (Wildman–Crippen LogP) is 7.67. The van der Waals surface area contributed by atoms with E-state index in [1.54, 1.807) is 0 Å². The topological polar surface area (TPSA) is 140 Å². The number of nitrogens with zero attached hydrogens (tertiary/aromatic N) is 5. The lowest BCUT2D eigenvalue weighted by Crippen LogP contribution is -2.40. The number of anilines is 2. The number of rotatable bonds is 13. The molecule has 11 heteroatoms.